The van der Waals surface area contributed by atoms with Crippen LogP contribution in [0.4, 0.5) is 11.5 Å². The molecule has 0 radical (unpaired) electrons. The zero-order valence-electron chi connectivity index (χ0n) is 11.7. The molecule has 2 rings (SSSR count). The summed E-state index contributed by atoms with van der Waals surface area (Å²) in [7, 11) is 0. The molecule has 21 heavy (non-hydrogen) atoms. The first-order chi connectivity index (χ1) is 9.95. The molecule has 0 aliphatic rings. The van der Waals surface area contributed by atoms with Gasteiger partial charge in [-0.3, -0.25) is 4.79 Å². The number of carbonyl (C=O) groups is 1. The first kappa shape index (κ1) is 15.6. The number of hydrogen-bond donors (Lipinski definition) is 2. The summed E-state index contributed by atoms with van der Waals surface area (Å²) in [5.74, 6) is 0.265. The number of hydrogen-bond acceptors (Lipinski definition) is 3. The zero-order chi connectivity index (χ0) is 15.4. The second kappa shape index (κ2) is 6.78. The second-order valence-corrected chi connectivity index (χ2v) is 5.52. The quantitative estimate of drug-likeness (QED) is 0.889. The van der Waals surface area contributed by atoms with Gasteiger partial charge in [0.05, 0.1) is 5.02 Å². The minimum atomic E-state index is -0.429. The summed E-state index contributed by atoms with van der Waals surface area (Å²) in [5, 5.41) is 6.98. The molecular weight excluding hydrogens is 309 g/mol. The van der Waals surface area contributed by atoms with Crippen LogP contribution in [-0.4, -0.2) is 16.9 Å². The van der Waals surface area contributed by atoms with Crippen LogP contribution in [0.25, 0.3) is 0 Å². The number of aromatic nitrogens is 1. The Labute approximate surface area is 133 Å². The maximum Gasteiger partial charge on any atom is 0.247 e. The Morgan fingerprint density at radius 1 is 1.24 bits per heavy atom. The first-order valence-corrected chi connectivity index (χ1v) is 7.16. The van der Waals surface area contributed by atoms with Gasteiger partial charge in [-0.05, 0) is 43.7 Å². The molecule has 0 spiro atoms. The molecule has 1 aromatic carbocycles. The van der Waals surface area contributed by atoms with Gasteiger partial charge in [0.2, 0.25) is 5.91 Å². The lowest BCUT2D eigenvalue weighted by atomic mass is 10.2. The smallest absolute Gasteiger partial charge is 0.247 e. The van der Waals surface area contributed by atoms with E-state index < -0.39 is 6.04 Å². The highest BCUT2D eigenvalue weighted by Crippen LogP contribution is 2.20. The van der Waals surface area contributed by atoms with Gasteiger partial charge < -0.3 is 10.6 Å². The monoisotopic (exact) mass is 323 g/mol. The lowest BCUT2D eigenvalue weighted by Gasteiger charge is -2.15. The third-order valence-corrected chi connectivity index (χ3v) is 3.56. The number of rotatable bonds is 4. The van der Waals surface area contributed by atoms with Crippen LogP contribution in [0.5, 0.6) is 0 Å². The number of aryl methyl sites for hydroxylation is 1. The molecular formula is C15H15Cl2N3O. The van der Waals surface area contributed by atoms with E-state index in [4.69, 9.17) is 23.2 Å². The normalized spacial score (nSPS) is 11.8. The number of anilines is 2. The molecule has 0 aliphatic heterocycles. The first-order valence-electron chi connectivity index (χ1n) is 6.41. The molecule has 4 nitrogen and oxygen atoms in total. The van der Waals surface area contributed by atoms with Crippen LogP contribution in [0.2, 0.25) is 10.0 Å². The van der Waals surface area contributed by atoms with Crippen molar-refractivity contribution in [3.05, 3.63) is 52.1 Å². The molecule has 2 N–H and O–H groups in total. The summed E-state index contributed by atoms with van der Waals surface area (Å²) in [6.07, 6.45) is 1.48. The van der Waals surface area contributed by atoms with E-state index in [1.807, 2.05) is 19.1 Å². The third-order valence-electron chi connectivity index (χ3n) is 2.93. The van der Waals surface area contributed by atoms with Gasteiger partial charge in [0.15, 0.2) is 0 Å². The van der Waals surface area contributed by atoms with E-state index in [0.29, 0.717) is 15.9 Å². The number of nitrogens with zero attached hydrogens (tertiary/aromatic N) is 1. The van der Waals surface area contributed by atoms with Gasteiger partial charge in [0.1, 0.15) is 11.9 Å². The molecule has 0 fully saturated rings. The summed E-state index contributed by atoms with van der Waals surface area (Å²) < 4.78 is 0. The van der Waals surface area contributed by atoms with Crippen LogP contribution >= 0.6 is 23.2 Å². The van der Waals surface area contributed by atoms with Gasteiger partial charge in [0, 0.05) is 16.9 Å². The van der Waals surface area contributed by atoms with Crippen LogP contribution in [0.15, 0.2) is 36.5 Å². The lowest BCUT2D eigenvalue weighted by Crippen LogP contribution is -2.32. The fraction of sp³-hybridized carbons (Fsp3) is 0.200. The molecule has 2 aromatic rings. The Morgan fingerprint density at radius 3 is 2.62 bits per heavy atom. The number of pyridine rings is 1. The van der Waals surface area contributed by atoms with Crippen molar-refractivity contribution in [2.75, 3.05) is 10.6 Å². The molecule has 0 bridgehead atoms. The predicted molar refractivity (Wildman–Crippen MR) is 87.2 cm³/mol. The molecule has 110 valence electrons. The van der Waals surface area contributed by atoms with Gasteiger partial charge in [-0.2, -0.15) is 0 Å². The van der Waals surface area contributed by atoms with E-state index in [1.54, 1.807) is 25.1 Å². The fourth-order valence-electron chi connectivity index (χ4n) is 1.68. The average Bonchev–Trinajstić information content (AvgIpc) is 2.45. The van der Waals surface area contributed by atoms with Crippen LogP contribution in [0.1, 0.15) is 12.5 Å². The fourth-order valence-corrected chi connectivity index (χ4v) is 1.97. The summed E-state index contributed by atoms with van der Waals surface area (Å²) in [4.78, 5) is 16.1. The van der Waals surface area contributed by atoms with Crippen molar-refractivity contribution >= 4 is 40.6 Å². The van der Waals surface area contributed by atoms with Gasteiger partial charge >= 0.3 is 0 Å². The van der Waals surface area contributed by atoms with Gasteiger partial charge in [-0.15, -0.1) is 0 Å². The standard InChI is InChI=1S/C15H15Cl2N3O/c1-9-3-5-12(7-13(9)17)19-10(2)15(21)20-14-6-4-11(16)8-18-14/h3-8,10,19H,1-2H3,(H,18,20,21)/t10-/m0/s1. The van der Waals surface area contributed by atoms with Gasteiger partial charge in [-0.25, -0.2) is 4.98 Å². The van der Waals surface area contributed by atoms with E-state index in [9.17, 15) is 4.79 Å². The molecule has 1 heterocycles. The number of nitrogens with one attached hydrogen (secondary N) is 2. The molecule has 1 amide bonds. The van der Waals surface area contributed by atoms with Crippen LogP contribution in [0, 0.1) is 6.92 Å². The second-order valence-electron chi connectivity index (χ2n) is 4.68. The Kier molecular flexibility index (Phi) is 5.04. The van der Waals surface area contributed by atoms with Crippen LogP contribution < -0.4 is 10.6 Å². The van der Waals surface area contributed by atoms with Gasteiger partial charge in [0.25, 0.3) is 0 Å². The topological polar surface area (TPSA) is 54.0 Å². The van der Waals surface area contributed by atoms with E-state index in [2.05, 4.69) is 15.6 Å². The Balaban J connectivity index is 1.98. The van der Waals surface area contributed by atoms with E-state index in [0.717, 1.165) is 11.3 Å². The summed E-state index contributed by atoms with van der Waals surface area (Å²) in [6.45, 7) is 3.69. The van der Waals surface area contributed by atoms with E-state index >= 15 is 0 Å². The zero-order valence-corrected chi connectivity index (χ0v) is 13.2. The number of amides is 1. The van der Waals surface area contributed by atoms with Crippen molar-refractivity contribution in [2.45, 2.75) is 19.9 Å². The maximum atomic E-state index is 12.1. The van der Waals surface area contributed by atoms with Crippen molar-refractivity contribution in [3.8, 4) is 0 Å². The van der Waals surface area contributed by atoms with Crippen molar-refractivity contribution in [3.63, 3.8) is 0 Å². The molecule has 1 aromatic heterocycles. The largest absolute Gasteiger partial charge is 0.374 e. The van der Waals surface area contributed by atoms with E-state index in [-0.39, 0.29) is 5.91 Å². The van der Waals surface area contributed by atoms with Crippen LogP contribution in [0.3, 0.4) is 0 Å². The minimum Gasteiger partial charge on any atom is -0.374 e. The minimum absolute atomic E-state index is 0.193. The summed E-state index contributed by atoms with van der Waals surface area (Å²) >= 11 is 11.8. The summed E-state index contributed by atoms with van der Waals surface area (Å²) in [6, 6.07) is 8.46. The summed E-state index contributed by atoms with van der Waals surface area (Å²) in [5.41, 5.74) is 1.78. The van der Waals surface area contributed by atoms with Crippen molar-refractivity contribution in [1.82, 2.24) is 4.98 Å². The van der Waals surface area contributed by atoms with E-state index in [1.165, 1.54) is 6.20 Å². The molecule has 0 saturated heterocycles. The highest BCUT2D eigenvalue weighted by Gasteiger charge is 2.13. The van der Waals surface area contributed by atoms with Crippen molar-refractivity contribution < 1.29 is 4.79 Å². The molecule has 0 saturated carbocycles. The van der Waals surface area contributed by atoms with Crippen molar-refractivity contribution in [1.29, 1.82) is 0 Å². The average molecular weight is 324 g/mol. The number of halogens is 2. The highest BCUT2D eigenvalue weighted by molar-refractivity contribution is 6.31. The van der Waals surface area contributed by atoms with Crippen molar-refractivity contribution in [2.24, 2.45) is 0 Å². The molecule has 0 unspecified atom stereocenters. The molecule has 0 aliphatic carbocycles. The van der Waals surface area contributed by atoms with Gasteiger partial charge in [-0.1, -0.05) is 29.3 Å². The SMILES string of the molecule is Cc1ccc(N[C@@H](C)C(=O)Nc2ccc(Cl)cn2)cc1Cl. The highest BCUT2D eigenvalue weighted by atomic mass is 35.5. The predicted octanol–water partition coefficient (Wildman–Crippen LogP) is 4.14. The third kappa shape index (κ3) is 4.34. The Bertz CT molecular complexity index is 644. The Morgan fingerprint density at radius 2 is 2.00 bits per heavy atom. The number of carbonyl (C=O) groups excluding carboxylic acids is 1. The Hall–Kier alpha value is -1.78. The molecule has 6 heteroatoms. The van der Waals surface area contributed by atoms with Crippen LogP contribution in [-0.2, 0) is 4.79 Å². The molecule has 1 atom stereocenters. The number of benzene rings is 1. The lowest BCUT2D eigenvalue weighted by molar-refractivity contribution is -0.116. The maximum absolute atomic E-state index is 12.1.